The molecule has 1 aliphatic heterocycles. The summed E-state index contributed by atoms with van der Waals surface area (Å²) in [6, 6.07) is 11.9. The molecule has 3 aromatic rings. The lowest BCUT2D eigenvalue weighted by atomic mass is 10.2. The molecule has 1 aliphatic rings. The molecule has 0 atom stereocenters. The Balaban J connectivity index is 1.49. The quantitative estimate of drug-likeness (QED) is 0.716. The number of piperazine rings is 1. The van der Waals surface area contributed by atoms with Gasteiger partial charge in [0.15, 0.2) is 0 Å². The van der Waals surface area contributed by atoms with Crippen molar-refractivity contribution in [1.29, 1.82) is 0 Å². The predicted octanol–water partition coefficient (Wildman–Crippen LogP) is 1.22. The van der Waals surface area contributed by atoms with Crippen molar-refractivity contribution in [1.82, 2.24) is 19.9 Å². The van der Waals surface area contributed by atoms with Gasteiger partial charge in [0.2, 0.25) is 10.1 Å². The smallest absolute Gasteiger partial charge is 0.277 e. The SMILES string of the molecule is O=c1cc(N2CCNCC2)nc2sc(NCCc3ccccc3)nn12. The number of hydrogen-bond donors (Lipinski definition) is 2. The van der Waals surface area contributed by atoms with Crippen LogP contribution in [0.5, 0.6) is 0 Å². The molecule has 1 aromatic carbocycles. The molecule has 0 bridgehead atoms. The van der Waals surface area contributed by atoms with E-state index in [9.17, 15) is 4.79 Å². The molecule has 1 fully saturated rings. The Kier molecular flexibility index (Phi) is 4.62. The number of anilines is 2. The van der Waals surface area contributed by atoms with Gasteiger partial charge in [-0.3, -0.25) is 4.79 Å². The maximum absolute atomic E-state index is 12.3. The van der Waals surface area contributed by atoms with Crippen LogP contribution in [0.2, 0.25) is 0 Å². The fourth-order valence-corrected chi connectivity index (χ4v) is 3.71. The highest BCUT2D eigenvalue weighted by molar-refractivity contribution is 7.20. The molecule has 0 spiro atoms. The Morgan fingerprint density at radius 3 is 2.80 bits per heavy atom. The second-order valence-corrected chi connectivity index (χ2v) is 6.91. The molecule has 3 heterocycles. The van der Waals surface area contributed by atoms with Crippen molar-refractivity contribution < 1.29 is 0 Å². The van der Waals surface area contributed by atoms with Crippen molar-refractivity contribution in [2.45, 2.75) is 6.42 Å². The first kappa shape index (κ1) is 16.0. The first-order valence-electron chi connectivity index (χ1n) is 8.44. The van der Waals surface area contributed by atoms with E-state index in [0.717, 1.165) is 50.1 Å². The molecule has 0 unspecified atom stereocenters. The van der Waals surface area contributed by atoms with Crippen LogP contribution in [0.1, 0.15) is 5.56 Å². The van der Waals surface area contributed by atoms with Crippen LogP contribution in [0.3, 0.4) is 0 Å². The molecule has 8 heteroatoms. The van der Waals surface area contributed by atoms with E-state index in [0.29, 0.717) is 4.96 Å². The third-order valence-electron chi connectivity index (χ3n) is 4.21. The van der Waals surface area contributed by atoms with Gasteiger partial charge in [0, 0.05) is 38.8 Å². The molecule has 7 nitrogen and oxygen atoms in total. The Morgan fingerprint density at radius 2 is 2.00 bits per heavy atom. The van der Waals surface area contributed by atoms with Gasteiger partial charge in [0.25, 0.3) is 5.56 Å². The van der Waals surface area contributed by atoms with Crippen LogP contribution in [0.15, 0.2) is 41.2 Å². The number of hydrogen-bond acceptors (Lipinski definition) is 7. The van der Waals surface area contributed by atoms with Crippen molar-refractivity contribution in [3.8, 4) is 0 Å². The standard InChI is InChI=1S/C17H20N6OS/c24-15-12-14(22-10-8-18-9-11-22)20-17-23(15)21-16(25-17)19-7-6-13-4-2-1-3-5-13/h1-5,12,18H,6-11H2,(H,19,21). The minimum Gasteiger partial charge on any atom is -0.360 e. The largest absolute Gasteiger partial charge is 0.360 e. The van der Waals surface area contributed by atoms with Crippen LogP contribution >= 0.6 is 11.3 Å². The zero-order chi connectivity index (χ0) is 17.1. The summed E-state index contributed by atoms with van der Waals surface area (Å²) in [5.74, 6) is 0.742. The van der Waals surface area contributed by atoms with Crippen LogP contribution in [0.25, 0.3) is 4.96 Å². The first-order valence-corrected chi connectivity index (χ1v) is 9.26. The van der Waals surface area contributed by atoms with Crippen molar-refractivity contribution in [2.24, 2.45) is 0 Å². The zero-order valence-electron chi connectivity index (χ0n) is 13.8. The highest BCUT2D eigenvalue weighted by atomic mass is 32.1. The Labute approximate surface area is 149 Å². The van der Waals surface area contributed by atoms with Crippen LogP contribution in [-0.2, 0) is 6.42 Å². The molecule has 130 valence electrons. The van der Waals surface area contributed by atoms with Crippen molar-refractivity contribution in [2.75, 3.05) is 42.9 Å². The first-order chi connectivity index (χ1) is 12.3. The normalized spacial score (nSPS) is 14.8. The number of nitrogens with one attached hydrogen (secondary N) is 2. The summed E-state index contributed by atoms with van der Waals surface area (Å²) in [5.41, 5.74) is 1.14. The lowest BCUT2D eigenvalue weighted by Crippen LogP contribution is -2.44. The van der Waals surface area contributed by atoms with Gasteiger partial charge in [-0.1, -0.05) is 41.7 Å². The molecule has 0 amide bonds. The molecule has 0 aliphatic carbocycles. The fourth-order valence-electron chi connectivity index (χ4n) is 2.89. The van der Waals surface area contributed by atoms with E-state index in [1.807, 2.05) is 18.2 Å². The summed E-state index contributed by atoms with van der Waals surface area (Å²) in [4.78, 5) is 19.7. The topological polar surface area (TPSA) is 74.6 Å². The van der Waals surface area contributed by atoms with Crippen LogP contribution < -0.4 is 21.1 Å². The van der Waals surface area contributed by atoms with E-state index in [4.69, 9.17) is 0 Å². The van der Waals surface area contributed by atoms with Crippen molar-refractivity contribution >= 4 is 27.2 Å². The number of aromatic nitrogens is 3. The molecule has 1 saturated heterocycles. The average molecular weight is 356 g/mol. The molecular weight excluding hydrogens is 336 g/mol. The number of nitrogens with zero attached hydrogens (tertiary/aromatic N) is 4. The van der Waals surface area contributed by atoms with Gasteiger partial charge in [0.1, 0.15) is 5.82 Å². The van der Waals surface area contributed by atoms with E-state index in [-0.39, 0.29) is 5.56 Å². The second-order valence-electron chi connectivity index (χ2n) is 5.95. The van der Waals surface area contributed by atoms with E-state index < -0.39 is 0 Å². The van der Waals surface area contributed by atoms with Gasteiger partial charge < -0.3 is 15.5 Å². The molecular formula is C17H20N6OS. The van der Waals surface area contributed by atoms with Crippen molar-refractivity contribution in [3.63, 3.8) is 0 Å². The van der Waals surface area contributed by atoms with Gasteiger partial charge in [-0.25, -0.2) is 4.98 Å². The maximum atomic E-state index is 12.3. The molecule has 25 heavy (non-hydrogen) atoms. The van der Waals surface area contributed by atoms with Gasteiger partial charge >= 0.3 is 0 Å². The van der Waals surface area contributed by atoms with Crippen LogP contribution in [0.4, 0.5) is 10.9 Å². The Hall–Kier alpha value is -2.45. The third kappa shape index (κ3) is 3.64. The lowest BCUT2D eigenvalue weighted by Gasteiger charge is -2.27. The summed E-state index contributed by atoms with van der Waals surface area (Å²) < 4.78 is 1.38. The van der Waals surface area contributed by atoms with Crippen molar-refractivity contribution in [3.05, 3.63) is 52.3 Å². The summed E-state index contributed by atoms with van der Waals surface area (Å²) in [5, 5.41) is 11.7. The summed E-state index contributed by atoms with van der Waals surface area (Å²) in [6.45, 7) is 4.32. The van der Waals surface area contributed by atoms with Crippen LogP contribution in [0, 0.1) is 0 Å². The van der Waals surface area contributed by atoms with Gasteiger partial charge in [-0.15, -0.1) is 5.10 Å². The summed E-state index contributed by atoms with van der Waals surface area (Å²) in [7, 11) is 0. The monoisotopic (exact) mass is 356 g/mol. The predicted molar refractivity (Wildman–Crippen MR) is 101 cm³/mol. The molecule has 0 saturated carbocycles. The van der Waals surface area contributed by atoms with Gasteiger partial charge in [-0.2, -0.15) is 4.52 Å². The lowest BCUT2D eigenvalue weighted by molar-refractivity contribution is 0.584. The summed E-state index contributed by atoms with van der Waals surface area (Å²) in [6.07, 6.45) is 0.908. The third-order valence-corrected chi connectivity index (χ3v) is 5.07. The molecule has 0 radical (unpaired) electrons. The zero-order valence-corrected chi connectivity index (χ0v) is 14.6. The second kappa shape index (κ2) is 7.20. The number of benzene rings is 1. The van der Waals surface area contributed by atoms with E-state index in [1.165, 1.54) is 21.4 Å². The Bertz CT molecular complexity index is 900. The number of rotatable bonds is 5. The van der Waals surface area contributed by atoms with Gasteiger partial charge in [0.05, 0.1) is 0 Å². The minimum atomic E-state index is -0.133. The van der Waals surface area contributed by atoms with E-state index in [1.54, 1.807) is 6.07 Å². The minimum absolute atomic E-state index is 0.133. The van der Waals surface area contributed by atoms with E-state index >= 15 is 0 Å². The van der Waals surface area contributed by atoms with Gasteiger partial charge in [-0.05, 0) is 12.0 Å². The van der Waals surface area contributed by atoms with E-state index in [2.05, 4.69) is 37.7 Å². The summed E-state index contributed by atoms with van der Waals surface area (Å²) >= 11 is 1.41. The average Bonchev–Trinajstić information content (AvgIpc) is 3.07. The molecule has 2 aromatic heterocycles. The highest BCUT2D eigenvalue weighted by Crippen LogP contribution is 2.19. The highest BCUT2D eigenvalue weighted by Gasteiger charge is 2.15. The van der Waals surface area contributed by atoms with Crippen LogP contribution in [-0.4, -0.2) is 47.3 Å². The molecule has 2 N–H and O–H groups in total. The Morgan fingerprint density at radius 1 is 1.20 bits per heavy atom. The maximum Gasteiger partial charge on any atom is 0.277 e. The molecule has 4 rings (SSSR count). The number of fused-ring (bicyclic) bond motifs is 1. The fraction of sp³-hybridized carbons (Fsp3) is 0.353.